The minimum atomic E-state index is -0.691. The predicted molar refractivity (Wildman–Crippen MR) is 99.9 cm³/mol. The first kappa shape index (κ1) is 17.2. The van der Waals surface area contributed by atoms with Crippen LogP contribution < -0.4 is 5.32 Å². The van der Waals surface area contributed by atoms with Gasteiger partial charge in [0.2, 0.25) is 6.10 Å². The highest BCUT2D eigenvalue weighted by molar-refractivity contribution is 6.04. The molecule has 0 bridgehead atoms. The molecular weight excluding hydrogens is 347 g/mol. The zero-order chi connectivity index (χ0) is 18.8. The molecule has 1 aromatic heterocycles. The molecule has 2 aromatic carbocycles. The molecule has 7 heteroatoms. The van der Waals surface area contributed by atoms with Crippen LogP contribution in [0.25, 0.3) is 11.0 Å². The number of benzene rings is 2. The van der Waals surface area contributed by atoms with Crippen LogP contribution in [0.4, 0.5) is 4.39 Å². The van der Waals surface area contributed by atoms with Crippen molar-refractivity contribution >= 4 is 22.7 Å². The van der Waals surface area contributed by atoms with Crippen LogP contribution in [0.5, 0.6) is 0 Å². The molecule has 1 amide bonds. The molecule has 1 N–H and O–H groups in total. The van der Waals surface area contributed by atoms with Crippen LogP contribution in [0.15, 0.2) is 53.7 Å². The van der Waals surface area contributed by atoms with E-state index in [-0.39, 0.29) is 11.7 Å². The van der Waals surface area contributed by atoms with Crippen LogP contribution in [0.2, 0.25) is 0 Å². The average Bonchev–Trinajstić information content (AvgIpc) is 3.27. The van der Waals surface area contributed by atoms with Crippen molar-refractivity contribution in [3.63, 3.8) is 0 Å². The Morgan fingerprint density at radius 2 is 2.15 bits per heavy atom. The first-order chi connectivity index (χ1) is 13.1. The van der Waals surface area contributed by atoms with Gasteiger partial charge in [-0.1, -0.05) is 29.4 Å². The van der Waals surface area contributed by atoms with E-state index in [4.69, 9.17) is 4.84 Å². The van der Waals surface area contributed by atoms with Gasteiger partial charge in [-0.2, -0.15) is 0 Å². The fourth-order valence-electron chi connectivity index (χ4n) is 3.24. The second-order valence-electron chi connectivity index (χ2n) is 6.44. The number of nitrogens with zero attached hydrogens (tertiary/aromatic N) is 3. The van der Waals surface area contributed by atoms with Crippen LogP contribution in [-0.2, 0) is 16.2 Å². The number of aryl methyl sites for hydroxylation is 1. The van der Waals surface area contributed by atoms with Crippen molar-refractivity contribution in [3.8, 4) is 0 Å². The van der Waals surface area contributed by atoms with E-state index in [1.54, 1.807) is 12.1 Å². The molecule has 2 heterocycles. The summed E-state index contributed by atoms with van der Waals surface area (Å²) in [6, 6.07) is 14.0. The molecule has 1 aliphatic rings. The Balaban J connectivity index is 1.33. The summed E-state index contributed by atoms with van der Waals surface area (Å²) in [5.41, 5.74) is 3.18. The molecule has 3 aromatic rings. The van der Waals surface area contributed by atoms with Crippen molar-refractivity contribution in [2.75, 3.05) is 6.54 Å². The van der Waals surface area contributed by atoms with Crippen molar-refractivity contribution in [1.29, 1.82) is 0 Å². The number of halogens is 1. The summed E-state index contributed by atoms with van der Waals surface area (Å²) in [6.07, 6.45) is -0.369. The molecule has 138 valence electrons. The predicted octanol–water partition coefficient (Wildman–Crippen LogP) is 2.79. The molecule has 0 saturated heterocycles. The Labute approximate surface area is 155 Å². The summed E-state index contributed by atoms with van der Waals surface area (Å²) in [5.74, 6) is 0.331. The highest BCUT2D eigenvalue weighted by atomic mass is 19.1. The largest absolute Gasteiger partial charge is 0.382 e. The molecule has 0 spiro atoms. The van der Waals surface area contributed by atoms with Gasteiger partial charge in [-0.15, -0.1) is 0 Å². The Bertz CT molecular complexity index is 1030. The van der Waals surface area contributed by atoms with Crippen LogP contribution in [0.1, 0.15) is 17.8 Å². The van der Waals surface area contributed by atoms with Crippen molar-refractivity contribution in [3.05, 3.63) is 65.7 Å². The summed E-state index contributed by atoms with van der Waals surface area (Å²) < 4.78 is 15.4. The van der Waals surface area contributed by atoms with E-state index >= 15 is 0 Å². The number of para-hydroxylation sites is 2. The third-order valence-electron chi connectivity index (χ3n) is 4.60. The maximum atomic E-state index is 13.3. The molecule has 0 radical (unpaired) electrons. The number of imidazole rings is 1. The zero-order valence-electron chi connectivity index (χ0n) is 14.9. The smallest absolute Gasteiger partial charge is 0.264 e. The summed E-state index contributed by atoms with van der Waals surface area (Å²) in [4.78, 5) is 22.1. The molecule has 6 nitrogen and oxygen atoms in total. The van der Waals surface area contributed by atoms with Gasteiger partial charge in [0.05, 0.1) is 16.7 Å². The third-order valence-corrected chi connectivity index (χ3v) is 4.60. The number of fused-ring (bicyclic) bond motifs is 1. The van der Waals surface area contributed by atoms with Crippen molar-refractivity contribution in [2.45, 2.75) is 26.0 Å². The summed E-state index contributed by atoms with van der Waals surface area (Å²) >= 11 is 0. The van der Waals surface area contributed by atoms with E-state index < -0.39 is 6.10 Å². The van der Waals surface area contributed by atoms with Gasteiger partial charge < -0.3 is 14.7 Å². The number of carbonyl (C=O) groups excluding carboxylic acids is 1. The minimum Gasteiger partial charge on any atom is -0.382 e. The van der Waals surface area contributed by atoms with Gasteiger partial charge in [-0.3, -0.25) is 4.79 Å². The molecule has 0 aliphatic carbocycles. The number of hydrogen-bond acceptors (Lipinski definition) is 4. The number of rotatable bonds is 5. The van der Waals surface area contributed by atoms with Gasteiger partial charge in [0, 0.05) is 25.1 Å². The van der Waals surface area contributed by atoms with E-state index in [1.165, 1.54) is 12.1 Å². The second kappa shape index (κ2) is 7.19. The number of nitrogens with one attached hydrogen (secondary N) is 1. The third kappa shape index (κ3) is 3.53. The molecule has 1 unspecified atom stereocenters. The van der Waals surface area contributed by atoms with Crippen LogP contribution in [-0.4, -0.2) is 33.8 Å². The Morgan fingerprint density at radius 1 is 1.30 bits per heavy atom. The maximum Gasteiger partial charge on any atom is 0.264 e. The van der Waals surface area contributed by atoms with E-state index in [0.717, 1.165) is 16.9 Å². The van der Waals surface area contributed by atoms with Gasteiger partial charge in [-0.25, -0.2) is 9.37 Å². The monoisotopic (exact) mass is 366 g/mol. The first-order valence-corrected chi connectivity index (χ1v) is 8.80. The van der Waals surface area contributed by atoms with Gasteiger partial charge in [0.25, 0.3) is 5.91 Å². The van der Waals surface area contributed by atoms with E-state index in [9.17, 15) is 9.18 Å². The normalized spacial score (nSPS) is 16.2. The molecule has 1 aliphatic heterocycles. The molecule has 0 saturated carbocycles. The van der Waals surface area contributed by atoms with Crippen molar-refractivity contribution in [1.82, 2.24) is 14.9 Å². The van der Waals surface area contributed by atoms with Crippen molar-refractivity contribution in [2.24, 2.45) is 5.16 Å². The lowest BCUT2D eigenvalue weighted by molar-refractivity contribution is -0.131. The number of aromatic nitrogens is 2. The lowest BCUT2D eigenvalue weighted by atomic mass is 10.0. The number of amides is 1. The topological polar surface area (TPSA) is 68.5 Å². The molecule has 27 heavy (non-hydrogen) atoms. The Hall–Kier alpha value is -3.22. The highest BCUT2D eigenvalue weighted by Gasteiger charge is 2.28. The van der Waals surface area contributed by atoms with E-state index in [2.05, 4.69) is 20.0 Å². The lowest BCUT2D eigenvalue weighted by Gasteiger charge is -2.11. The van der Waals surface area contributed by atoms with Crippen molar-refractivity contribution < 1.29 is 14.0 Å². The summed E-state index contributed by atoms with van der Waals surface area (Å²) in [5, 5.41) is 6.81. The average molecular weight is 366 g/mol. The fourth-order valence-corrected chi connectivity index (χ4v) is 3.24. The van der Waals surface area contributed by atoms with E-state index in [1.807, 2.05) is 31.2 Å². The number of hydrogen-bond donors (Lipinski definition) is 1. The number of oxime groups is 1. The SMILES string of the molecule is Cc1nc2ccccc2n1CCNC(=O)C1CC(c2cccc(F)c2)=NO1. The maximum absolute atomic E-state index is 13.3. The standard InChI is InChI=1S/C20H19FN4O2/c1-13-23-16-7-2-3-8-18(16)25(13)10-9-22-20(26)19-12-17(24-27-19)14-5-4-6-15(21)11-14/h2-8,11,19H,9-10,12H2,1H3,(H,22,26). The Kier molecular flexibility index (Phi) is 4.58. The number of carbonyl (C=O) groups is 1. The van der Waals surface area contributed by atoms with Crippen LogP contribution in [0.3, 0.4) is 0 Å². The minimum absolute atomic E-state index is 0.229. The zero-order valence-corrected chi connectivity index (χ0v) is 14.9. The highest BCUT2D eigenvalue weighted by Crippen LogP contribution is 2.18. The van der Waals surface area contributed by atoms with Crippen LogP contribution in [0, 0.1) is 12.7 Å². The van der Waals surface area contributed by atoms with Gasteiger partial charge in [-0.05, 0) is 31.2 Å². The quantitative estimate of drug-likeness (QED) is 0.755. The fraction of sp³-hybridized carbons (Fsp3) is 0.250. The summed E-state index contributed by atoms with van der Waals surface area (Å²) in [6.45, 7) is 3.01. The molecule has 4 rings (SSSR count). The molecular formula is C20H19FN4O2. The van der Waals surface area contributed by atoms with Gasteiger partial charge in [0.15, 0.2) is 0 Å². The second-order valence-corrected chi connectivity index (χ2v) is 6.44. The van der Waals surface area contributed by atoms with E-state index in [0.29, 0.717) is 30.8 Å². The summed E-state index contributed by atoms with van der Waals surface area (Å²) in [7, 11) is 0. The Morgan fingerprint density at radius 3 is 3.00 bits per heavy atom. The molecule has 0 fully saturated rings. The first-order valence-electron chi connectivity index (χ1n) is 8.80. The lowest BCUT2D eigenvalue weighted by Crippen LogP contribution is -2.36. The molecule has 1 atom stereocenters. The van der Waals surface area contributed by atoms with Gasteiger partial charge >= 0.3 is 0 Å². The van der Waals surface area contributed by atoms with Gasteiger partial charge in [0.1, 0.15) is 11.6 Å². The van der Waals surface area contributed by atoms with Crippen LogP contribution >= 0.6 is 0 Å².